The molecule has 0 bridgehead atoms. The second-order valence-corrected chi connectivity index (χ2v) is 6.67. The Morgan fingerprint density at radius 3 is 2.95 bits per heavy atom. The van der Waals surface area contributed by atoms with Gasteiger partial charge >= 0.3 is 0 Å². The van der Waals surface area contributed by atoms with Crippen molar-refractivity contribution in [3.8, 4) is 0 Å². The highest BCUT2D eigenvalue weighted by atomic mass is 35.5. The van der Waals surface area contributed by atoms with Crippen molar-refractivity contribution < 1.29 is 0 Å². The minimum atomic E-state index is 0.139. The van der Waals surface area contributed by atoms with Gasteiger partial charge in [-0.25, -0.2) is 4.72 Å². The lowest BCUT2D eigenvalue weighted by Gasteiger charge is -2.30. The van der Waals surface area contributed by atoms with Gasteiger partial charge in [-0.05, 0) is 48.9 Å². The summed E-state index contributed by atoms with van der Waals surface area (Å²) in [5.41, 5.74) is 1.15. The minimum absolute atomic E-state index is 0.139. The predicted molar refractivity (Wildman–Crippen MR) is 82.4 cm³/mol. The molecule has 0 saturated heterocycles. The fraction of sp³-hybridized carbons (Fsp3) is 0.571. The van der Waals surface area contributed by atoms with Gasteiger partial charge in [0.05, 0.1) is 5.69 Å². The van der Waals surface area contributed by atoms with Crippen LogP contribution in [0.5, 0.6) is 0 Å². The van der Waals surface area contributed by atoms with Gasteiger partial charge in [0.2, 0.25) is 0 Å². The monoisotopic (exact) mass is 297 g/mol. The van der Waals surface area contributed by atoms with Gasteiger partial charge in [0.15, 0.2) is 0 Å². The SMILES string of the molecule is Clc1ccc2c(c1)SNC(NCC1CCCCC1)N2. The molecular formula is C14H20ClN3S. The molecule has 0 spiro atoms. The Hall–Kier alpha value is -0.420. The highest BCUT2D eigenvalue weighted by Crippen LogP contribution is 2.32. The van der Waals surface area contributed by atoms with E-state index in [-0.39, 0.29) is 6.29 Å². The summed E-state index contributed by atoms with van der Waals surface area (Å²) in [7, 11) is 0. The third-order valence-corrected chi connectivity index (χ3v) is 5.01. The van der Waals surface area contributed by atoms with Crippen LogP contribution in [0.2, 0.25) is 5.02 Å². The molecule has 1 atom stereocenters. The summed E-state index contributed by atoms with van der Waals surface area (Å²) in [5, 5.41) is 7.81. The van der Waals surface area contributed by atoms with Crippen molar-refractivity contribution >= 4 is 29.2 Å². The molecule has 1 heterocycles. The van der Waals surface area contributed by atoms with Crippen LogP contribution in [-0.2, 0) is 0 Å². The summed E-state index contributed by atoms with van der Waals surface area (Å²) in [6, 6.07) is 5.96. The van der Waals surface area contributed by atoms with E-state index in [1.807, 2.05) is 18.2 Å². The molecule has 1 aliphatic carbocycles. The number of hydrogen-bond acceptors (Lipinski definition) is 4. The smallest absolute Gasteiger partial charge is 0.141 e. The molecule has 3 rings (SSSR count). The summed E-state index contributed by atoms with van der Waals surface area (Å²) in [6.45, 7) is 1.09. The lowest BCUT2D eigenvalue weighted by Crippen LogP contribution is -2.48. The number of fused-ring (bicyclic) bond motifs is 1. The van der Waals surface area contributed by atoms with Crippen molar-refractivity contribution in [3.63, 3.8) is 0 Å². The van der Waals surface area contributed by atoms with Crippen LogP contribution in [0, 0.1) is 5.92 Å². The van der Waals surface area contributed by atoms with Gasteiger partial charge in [-0.15, -0.1) is 0 Å². The van der Waals surface area contributed by atoms with Crippen molar-refractivity contribution in [2.45, 2.75) is 43.3 Å². The first-order valence-corrected chi connectivity index (χ1v) is 8.22. The molecule has 0 radical (unpaired) electrons. The van der Waals surface area contributed by atoms with E-state index < -0.39 is 0 Å². The molecule has 1 fully saturated rings. The van der Waals surface area contributed by atoms with Crippen molar-refractivity contribution in [2.24, 2.45) is 5.92 Å². The van der Waals surface area contributed by atoms with E-state index in [1.54, 1.807) is 11.9 Å². The molecule has 2 aliphatic rings. The molecule has 1 unspecified atom stereocenters. The van der Waals surface area contributed by atoms with Crippen molar-refractivity contribution in [1.82, 2.24) is 10.0 Å². The number of nitrogens with one attached hydrogen (secondary N) is 3. The predicted octanol–water partition coefficient (Wildman–Crippen LogP) is 3.82. The number of rotatable bonds is 3. The second-order valence-electron chi connectivity index (χ2n) is 5.35. The van der Waals surface area contributed by atoms with Crippen LogP contribution in [-0.4, -0.2) is 12.8 Å². The molecule has 3 N–H and O–H groups in total. The normalized spacial score (nSPS) is 23.7. The van der Waals surface area contributed by atoms with Crippen molar-refractivity contribution in [2.75, 3.05) is 11.9 Å². The van der Waals surface area contributed by atoms with E-state index in [0.29, 0.717) is 0 Å². The van der Waals surface area contributed by atoms with E-state index >= 15 is 0 Å². The summed E-state index contributed by atoms with van der Waals surface area (Å²) in [5.74, 6) is 0.842. The Morgan fingerprint density at radius 1 is 1.26 bits per heavy atom. The van der Waals surface area contributed by atoms with Gasteiger partial charge in [0, 0.05) is 16.5 Å². The average molecular weight is 298 g/mol. The topological polar surface area (TPSA) is 36.1 Å². The molecule has 5 heteroatoms. The zero-order valence-electron chi connectivity index (χ0n) is 10.9. The summed E-state index contributed by atoms with van der Waals surface area (Å²) in [6.07, 6.45) is 7.10. The molecule has 19 heavy (non-hydrogen) atoms. The lowest BCUT2D eigenvalue weighted by molar-refractivity contribution is 0.330. The Labute approximate surface area is 124 Å². The fourth-order valence-corrected chi connectivity index (χ4v) is 3.82. The van der Waals surface area contributed by atoms with E-state index in [0.717, 1.165) is 28.1 Å². The third-order valence-electron chi connectivity index (χ3n) is 3.87. The van der Waals surface area contributed by atoms with Crippen molar-refractivity contribution in [3.05, 3.63) is 23.2 Å². The first-order chi connectivity index (χ1) is 9.31. The lowest BCUT2D eigenvalue weighted by atomic mass is 9.89. The molecule has 0 amide bonds. The Bertz CT molecular complexity index is 435. The number of benzene rings is 1. The van der Waals surface area contributed by atoms with E-state index in [1.165, 1.54) is 32.1 Å². The molecule has 1 aromatic carbocycles. The standard InChI is InChI=1S/C14H20ClN3S/c15-11-6-7-12-13(8-11)19-18-14(17-12)16-9-10-4-2-1-3-5-10/h6-8,10,14,16-18H,1-5,9H2. The molecule has 0 aromatic heterocycles. The largest absolute Gasteiger partial charge is 0.356 e. The number of hydrogen-bond donors (Lipinski definition) is 3. The van der Waals surface area contributed by atoms with Gasteiger partial charge < -0.3 is 5.32 Å². The van der Waals surface area contributed by atoms with Gasteiger partial charge in [0.25, 0.3) is 0 Å². The molecule has 104 valence electrons. The Balaban J connectivity index is 1.52. The Morgan fingerprint density at radius 2 is 2.11 bits per heavy atom. The zero-order chi connectivity index (χ0) is 13.1. The third kappa shape index (κ3) is 3.57. The van der Waals surface area contributed by atoms with Crippen molar-refractivity contribution in [1.29, 1.82) is 0 Å². The summed E-state index contributed by atoms with van der Waals surface area (Å²) in [4.78, 5) is 1.16. The maximum absolute atomic E-state index is 5.99. The van der Waals surface area contributed by atoms with Crippen LogP contribution >= 0.6 is 23.5 Å². The van der Waals surface area contributed by atoms with Crippen LogP contribution in [0.15, 0.2) is 23.1 Å². The molecule has 1 saturated carbocycles. The zero-order valence-corrected chi connectivity index (χ0v) is 12.5. The first-order valence-electron chi connectivity index (χ1n) is 7.03. The molecule has 1 aromatic rings. The maximum Gasteiger partial charge on any atom is 0.141 e. The van der Waals surface area contributed by atoms with Gasteiger partial charge in [-0.3, -0.25) is 5.32 Å². The minimum Gasteiger partial charge on any atom is -0.356 e. The Kier molecular flexibility index (Phi) is 4.53. The highest BCUT2D eigenvalue weighted by molar-refractivity contribution is 7.97. The van der Waals surface area contributed by atoms with Crippen LogP contribution in [0.25, 0.3) is 0 Å². The van der Waals surface area contributed by atoms with E-state index in [4.69, 9.17) is 11.6 Å². The van der Waals surface area contributed by atoms with Crippen LogP contribution in [0.4, 0.5) is 5.69 Å². The summed E-state index contributed by atoms with van der Waals surface area (Å²) >= 11 is 7.63. The number of halogens is 1. The van der Waals surface area contributed by atoms with Gasteiger partial charge in [-0.2, -0.15) is 0 Å². The number of anilines is 1. The maximum atomic E-state index is 5.99. The average Bonchev–Trinajstić information content (AvgIpc) is 2.46. The molecule has 1 aliphatic heterocycles. The molecular weight excluding hydrogens is 278 g/mol. The van der Waals surface area contributed by atoms with Gasteiger partial charge in [0.1, 0.15) is 6.29 Å². The highest BCUT2D eigenvalue weighted by Gasteiger charge is 2.19. The van der Waals surface area contributed by atoms with Crippen LogP contribution < -0.4 is 15.4 Å². The van der Waals surface area contributed by atoms with E-state index in [2.05, 4.69) is 15.4 Å². The first kappa shape index (κ1) is 13.6. The van der Waals surface area contributed by atoms with Crippen LogP contribution in [0.3, 0.4) is 0 Å². The second kappa shape index (κ2) is 6.35. The summed E-state index contributed by atoms with van der Waals surface area (Å²) < 4.78 is 3.38. The quantitative estimate of drug-likeness (QED) is 0.741. The van der Waals surface area contributed by atoms with Crippen LogP contribution in [0.1, 0.15) is 32.1 Å². The van der Waals surface area contributed by atoms with Gasteiger partial charge in [-0.1, -0.05) is 30.9 Å². The van der Waals surface area contributed by atoms with E-state index in [9.17, 15) is 0 Å². The molecule has 3 nitrogen and oxygen atoms in total. The fourth-order valence-electron chi connectivity index (χ4n) is 2.78.